The van der Waals surface area contributed by atoms with E-state index in [4.69, 9.17) is 27.9 Å². The number of ether oxygens (including phenoxy) is 1. The van der Waals surface area contributed by atoms with Crippen molar-refractivity contribution in [3.8, 4) is 0 Å². The molecular formula is C14H18Cl2N2O2. The van der Waals surface area contributed by atoms with Gasteiger partial charge in [0.15, 0.2) is 0 Å². The van der Waals surface area contributed by atoms with Gasteiger partial charge in [-0.05, 0) is 30.5 Å². The molecule has 110 valence electrons. The van der Waals surface area contributed by atoms with Crippen molar-refractivity contribution in [3.63, 3.8) is 0 Å². The fraction of sp³-hybridized carbons (Fsp3) is 0.500. The van der Waals surface area contributed by atoms with Crippen LogP contribution in [-0.2, 0) is 16.1 Å². The van der Waals surface area contributed by atoms with Crippen LogP contribution in [0.15, 0.2) is 18.2 Å². The molecule has 0 spiro atoms. The first kappa shape index (κ1) is 15.6. The first-order valence-corrected chi connectivity index (χ1v) is 7.43. The number of carbonyl (C=O) groups excluding carboxylic acids is 1. The molecule has 1 atom stereocenters. The number of hydrogen-bond donors (Lipinski definition) is 2. The number of amides is 1. The van der Waals surface area contributed by atoms with Crippen LogP contribution >= 0.6 is 23.2 Å². The van der Waals surface area contributed by atoms with Crippen LogP contribution in [0, 0.1) is 0 Å². The van der Waals surface area contributed by atoms with Crippen molar-refractivity contribution < 1.29 is 9.53 Å². The zero-order valence-electron chi connectivity index (χ0n) is 11.1. The maximum absolute atomic E-state index is 11.7. The minimum absolute atomic E-state index is 0.0611. The van der Waals surface area contributed by atoms with E-state index in [0.717, 1.165) is 31.6 Å². The van der Waals surface area contributed by atoms with Gasteiger partial charge in [-0.25, -0.2) is 0 Å². The van der Waals surface area contributed by atoms with E-state index in [2.05, 4.69) is 10.6 Å². The Balaban J connectivity index is 1.66. The standard InChI is InChI=1S/C14H18Cl2N2O2/c15-11-4-3-10(13(16)6-11)7-18-14(19)9-17-8-12-2-1-5-20-12/h3-4,6,12,17H,1-2,5,7-9H2,(H,18,19). The molecule has 20 heavy (non-hydrogen) atoms. The second-order valence-corrected chi connectivity index (χ2v) is 5.62. The molecule has 1 fully saturated rings. The second kappa shape index (κ2) is 7.84. The Hall–Kier alpha value is -0.810. The molecule has 1 aliphatic heterocycles. The molecule has 0 bridgehead atoms. The molecule has 1 aromatic rings. The van der Waals surface area contributed by atoms with Crippen LogP contribution < -0.4 is 10.6 Å². The Kier molecular flexibility index (Phi) is 6.10. The fourth-order valence-corrected chi connectivity index (χ4v) is 2.55. The zero-order valence-corrected chi connectivity index (χ0v) is 12.6. The number of rotatable bonds is 6. The van der Waals surface area contributed by atoms with Gasteiger partial charge in [-0.3, -0.25) is 4.79 Å². The predicted octanol–water partition coefficient (Wildman–Crippen LogP) is 2.38. The monoisotopic (exact) mass is 316 g/mol. The summed E-state index contributed by atoms with van der Waals surface area (Å²) >= 11 is 11.9. The summed E-state index contributed by atoms with van der Waals surface area (Å²) < 4.78 is 5.47. The Bertz CT molecular complexity index is 462. The van der Waals surface area contributed by atoms with Crippen molar-refractivity contribution in [2.24, 2.45) is 0 Å². The van der Waals surface area contributed by atoms with Crippen LogP contribution in [-0.4, -0.2) is 31.7 Å². The lowest BCUT2D eigenvalue weighted by molar-refractivity contribution is -0.120. The number of halogens is 2. The van der Waals surface area contributed by atoms with Gasteiger partial charge in [0.2, 0.25) is 5.91 Å². The minimum atomic E-state index is -0.0611. The molecule has 0 saturated carbocycles. The second-order valence-electron chi connectivity index (χ2n) is 4.78. The van der Waals surface area contributed by atoms with E-state index in [0.29, 0.717) is 16.6 Å². The lowest BCUT2D eigenvalue weighted by Gasteiger charge is -2.11. The van der Waals surface area contributed by atoms with Gasteiger partial charge in [-0.15, -0.1) is 0 Å². The van der Waals surface area contributed by atoms with Crippen LogP contribution in [0.3, 0.4) is 0 Å². The Morgan fingerprint density at radius 2 is 2.25 bits per heavy atom. The van der Waals surface area contributed by atoms with E-state index in [1.165, 1.54) is 0 Å². The first-order chi connectivity index (χ1) is 9.65. The van der Waals surface area contributed by atoms with Crippen LogP contribution in [0.25, 0.3) is 0 Å². The molecule has 1 unspecified atom stereocenters. The van der Waals surface area contributed by atoms with Crippen LogP contribution in [0.1, 0.15) is 18.4 Å². The van der Waals surface area contributed by atoms with Gasteiger partial charge < -0.3 is 15.4 Å². The Labute approximate surface area is 128 Å². The van der Waals surface area contributed by atoms with Crippen molar-refractivity contribution in [1.29, 1.82) is 0 Å². The van der Waals surface area contributed by atoms with Gasteiger partial charge in [-0.2, -0.15) is 0 Å². The van der Waals surface area contributed by atoms with Gasteiger partial charge in [0.25, 0.3) is 0 Å². The molecule has 1 amide bonds. The quantitative estimate of drug-likeness (QED) is 0.847. The van der Waals surface area contributed by atoms with Crippen molar-refractivity contribution in [2.45, 2.75) is 25.5 Å². The summed E-state index contributed by atoms with van der Waals surface area (Å²) in [5, 5.41) is 7.06. The third-order valence-corrected chi connectivity index (χ3v) is 3.76. The van der Waals surface area contributed by atoms with E-state index >= 15 is 0 Å². The summed E-state index contributed by atoms with van der Waals surface area (Å²) in [7, 11) is 0. The van der Waals surface area contributed by atoms with E-state index in [1.807, 2.05) is 6.07 Å². The molecule has 2 N–H and O–H groups in total. The molecule has 4 nitrogen and oxygen atoms in total. The highest BCUT2D eigenvalue weighted by molar-refractivity contribution is 6.35. The van der Waals surface area contributed by atoms with Crippen molar-refractivity contribution in [2.75, 3.05) is 19.7 Å². The Morgan fingerprint density at radius 3 is 2.95 bits per heavy atom. The average molecular weight is 317 g/mol. The van der Waals surface area contributed by atoms with Crippen LogP contribution in [0.2, 0.25) is 10.0 Å². The topological polar surface area (TPSA) is 50.4 Å². The molecule has 1 aromatic carbocycles. The molecule has 0 aromatic heterocycles. The summed E-state index contributed by atoms with van der Waals surface area (Å²) in [6.45, 7) is 2.23. The smallest absolute Gasteiger partial charge is 0.234 e. The maximum atomic E-state index is 11.7. The first-order valence-electron chi connectivity index (χ1n) is 6.68. The number of hydrogen-bond acceptors (Lipinski definition) is 3. The average Bonchev–Trinajstić information content (AvgIpc) is 2.91. The third kappa shape index (κ3) is 4.94. The summed E-state index contributed by atoms with van der Waals surface area (Å²) in [5.41, 5.74) is 0.851. The molecule has 0 radical (unpaired) electrons. The summed E-state index contributed by atoms with van der Waals surface area (Å²) in [6.07, 6.45) is 2.41. The van der Waals surface area contributed by atoms with E-state index in [1.54, 1.807) is 12.1 Å². The van der Waals surface area contributed by atoms with Gasteiger partial charge in [-0.1, -0.05) is 29.3 Å². The maximum Gasteiger partial charge on any atom is 0.234 e. The van der Waals surface area contributed by atoms with Crippen molar-refractivity contribution in [3.05, 3.63) is 33.8 Å². The Morgan fingerprint density at radius 1 is 1.40 bits per heavy atom. The molecular weight excluding hydrogens is 299 g/mol. The summed E-state index contributed by atoms with van der Waals surface area (Å²) in [5.74, 6) is -0.0611. The largest absolute Gasteiger partial charge is 0.377 e. The fourth-order valence-electron chi connectivity index (χ4n) is 2.07. The third-order valence-electron chi connectivity index (χ3n) is 3.17. The summed E-state index contributed by atoms with van der Waals surface area (Å²) in [4.78, 5) is 11.7. The lowest BCUT2D eigenvalue weighted by atomic mass is 10.2. The van der Waals surface area contributed by atoms with E-state index in [-0.39, 0.29) is 18.6 Å². The predicted molar refractivity (Wildman–Crippen MR) is 80.2 cm³/mol. The zero-order chi connectivity index (χ0) is 14.4. The van der Waals surface area contributed by atoms with Crippen LogP contribution in [0.5, 0.6) is 0 Å². The summed E-state index contributed by atoms with van der Waals surface area (Å²) in [6, 6.07) is 5.23. The van der Waals surface area contributed by atoms with Crippen molar-refractivity contribution in [1.82, 2.24) is 10.6 Å². The normalized spacial score (nSPS) is 18.2. The van der Waals surface area contributed by atoms with Crippen molar-refractivity contribution >= 4 is 29.1 Å². The van der Waals surface area contributed by atoms with E-state index in [9.17, 15) is 4.79 Å². The van der Waals surface area contributed by atoms with Gasteiger partial charge in [0, 0.05) is 29.7 Å². The highest BCUT2D eigenvalue weighted by Crippen LogP contribution is 2.20. The molecule has 6 heteroatoms. The lowest BCUT2D eigenvalue weighted by Crippen LogP contribution is -2.36. The molecule has 1 saturated heterocycles. The molecule has 0 aliphatic carbocycles. The molecule has 2 rings (SSSR count). The van der Waals surface area contributed by atoms with Gasteiger partial charge in [0.05, 0.1) is 12.6 Å². The minimum Gasteiger partial charge on any atom is -0.377 e. The van der Waals surface area contributed by atoms with E-state index < -0.39 is 0 Å². The SMILES string of the molecule is O=C(CNCC1CCCO1)NCc1ccc(Cl)cc1Cl. The van der Waals surface area contributed by atoms with Gasteiger partial charge >= 0.3 is 0 Å². The number of benzene rings is 1. The number of carbonyl (C=O) groups is 1. The highest BCUT2D eigenvalue weighted by Gasteiger charge is 2.15. The highest BCUT2D eigenvalue weighted by atomic mass is 35.5. The molecule has 1 heterocycles. The van der Waals surface area contributed by atoms with Crippen LogP contribution in [0.4, 0.5) is 0 Å². The number of nitrogens with one attached hydrogen (secondary N) is 2. The van der Waals surface area contributed by atoms with Gasteiger partial charge in [0.1, 0.15) is 0 Å². The molecule has 1 aliphatic rings.